The predicted molar refractivity (Wildman–Crippen MR) is 85.7 cm³/mol. The number of nitrogens with two attached hydrogens (primary N) is 1. The average Bonchev–Trinajstić information content (AvgIpc) is 2.48. The van der Waals surface area contributed by atoms with Crippen molar-refractivity contribution >= 4 is 40.5 Å². The molecule has 108 valence electrons. The summed E-state index contributed by atoms with van der Waals surface area (Å²) in [6, 6.07) is 10.2. The van der Waals surface area contributed by atoms with Gasteiger partial charge < -0.3 is 15.8 Å². The minimum absolute atomic E-state index is 0.177. The molecule has 0 radical (unpaired) electrons. The van der Waals surface area contributed by atoms with Gasteiger partial charge in [-0.25, -0.2) is 4.98 Å². The minimum atomic E-state index is -0.345. The van der Waals surface area contributed by atoms with E-state index in [4.69, 9.17) is 34.3 Å². The molecule has 0 unspecified atom stereocenters. The molecule has 1 heterocycles. The summed E-state index contributed by atoms with van der Waals surface area (Å²) in [6.45, 7) is -0.177. The summed E-state index contributed by atoms with van der Waals surface area (Å²) in [5.41, 5.74) is 6.17. The van der Waals surface area contributed by atoms with Crippen LogP contribution in [0.5, 0.6) is 5.75 Å². The lowest BCUT2D eigenvalue weighted by atomic mass is 10.2. The van der Waals surface area contributed by atoms with Crippen molar-refractivity contribution in [3.63, 3.8) is 0 Å². The maximum atomic E-state index is 11.8. The molecule has 2 rings (SSSR count). The van der Waals surface area contributed by atoms with Crippen LogP contribution in [0.1, 0.15) is 5.56 Å². The van der Waals surface area contributed by atoms with Crippen LogP contribution in [0.15, 0.2) is 42.6 Å². The first kappa shape index (κ1) is 15.2. The first-order chi connectivity index (χ1) is 10.1. The molecule has 1 amide bonds. The van der Waals surface area contributed by atoms with Gasteiger partial charge in [-0.15, -0.1) is 0 Å². The first-order valence-corrected chi connectivity index (χ1v) is 6.78. The van der Waals surface area contributed by atoms with Crippen molar-refractivity contribution in [1.29, 1.82) is 0 Å². The number of para-hydroxylation sites is 1. The fourth-order valence-electron chi connectivity index (χ4n) is 1.57. The Hall–Kier alpha value is -2.18. The summed E-state index contributed by atoms with van der Waals surface area (Å²) in [5.74, 6) is 0.516. The molecule has 0 saturated carbocycles. The molecular formula is C14H12ClN3O2S. The third-order valence-corrected chi connectivity index (χ3v) is 2.95. The standard InChI is InChI=1S/C14H12ClN3O2S/c15-9-5-6-12(17-7-9)18-13(19)8-20-11-4-2-1-3-10(11)14(16)21/h1-7H,8H2,(H2,16,21)(H,17,18,19). The molecule has 5 nitrogen and oxygen atoms in total. The molecule has 0 aliphatic rings. The van der Waals surface area contributed by atoms with Crippen LogP contribution in [0.4, 0.5) is 5.82 Å². The highest BCUT2D eigenvalue weighted by Gasteiger charge is 2.09. The van der Waals surface area contributed by atoms with Crippen LogP contribution in [0.3, 0.4) is 0 Å². The number of thiocarbonyl (C=S) groups is 1. The Balaban J connectivity index is 1.95. The van der Waals surface area contributed by atoms with Gasteiger partial charge in [0.1, 0.15) is 16.6 Å². The SMILES string of the molecule is NC(=S)c1ccccc1OCC(=O)Nc1ccc(Cl)cn1. The van der Waals surface area contributed by atoms with E-state index >= 15 is 0 Å². The lowest BCUT2D eigenvalue weighted by Crippen LogP contribution is -2.22. The van der Waals surface area contributed by atoms with Crippen molar-refractivity contribution < 1.29 is 9.53 Å². The van der Waals surface area contributed by atoms with Gasteiger partial charge in [-0.3, -0.25) is 4.79 Å². The van der Waals surface area contributed by atoms with Gasteiger partial charge in [0, 0.05) is 6.20 Å². The van der Waals surface area contributed by atoms with Crippen molar-refractivity contribution in [2.24, 2.45) is 5.73 Å². The molecule has 0 bridgehead atoms. The second-order valence-electron chi connectivity index (χ2n) is 4.06. The van der Waals surface area contributed by atoms with Gasteiger partial charge in [0.15, 0.2) is 6.61 Å². The number of amides is 1. The number of ether oxygens (including phenoxy) is 1. The molecule has 1 aromatic carbocycles. The zero-order valence-corrected chi connectivity index (χ0v) is 12.4. The lowest BCUT2D eigenvalue weighted by molar-refractivity contribution is -0.118. The quantitative estimate of drug-likeness (QED) is 0.827. The number of aromatic nitrogens is 1. The summed E-state index contributed by atoms with van der Waals surface area (Å²) < 4.78 is 5.42. The predicted octanol–water partition coefficient (Wildman–Crippen LogP) is 2.39. The molecule has 7 heteroatoms. The lowest BCUT2D eigenvalue weighted by Gasteiger charge is -2.10. The van der Waals surface area contributed by atoms with Gasteiger partial charge in [-0.1, -0.05) is 36.0 Å². The second kappa shape index (κ2) is 7.01. The zero-order chi connectivity index (χ0) is 15.2. The van der Waals surface area contributed by atoms with E-state index in [1.807, 2.05) is 0 Å². The number of carbonyl (C=O) groups is 1. The molecule has 0 fully saturated rings. The van der Waals surface area contributed by atoms with Crippen LogP contribution < -0.4 is 15.8 Å². The van der Waals surface area contributed by atoms with Crippen molar-refractivity contribution in [1.82, 2.24) is 4.98 Å². The van der Waals surface area contributed by atoms with E-state index in [1.165, 1.54) is 6.20 Å². The van der Waals surface area contributed by atoms with E-state index in [0.29, 0.717) is 22.2 Å². The van der Waals surface area contributed by atoms with Gasteiger partial charge in [0.2, 0.25) is 0 Å². The van der Waals surface area contributed by atoms with Crippen LogP contribution in [0.25, 0.3) is 0 Å². The van der Waals surface area contributed by atoms with E-state index in [-0.39, 0.29) is 17.5 Å². The van der Waals surface area contributed by atoms with E-state index in [9.17, 15) is 4.79 Å². The number of nitrogens with one attached hydrogen (secondary N) is 1. The molecular weight excluding hydrogens is 310 g/mol. The van der Waals surface area contributed by atoms with E-state index < -0.39 is 0 Å². The Morgan fingerprint density at radius 3 is 2.76 bits per heavy atom. The number of rotatable bonds is 5. The second-order valence-corrected chi connectivity index (χ2v) is 4.94. The Kier molecular flexibility index (Phi) is 5.08. The van der Waals surface area contributed by atoms with Crippen molar-refractivity contribution in [2.45, 2.75) is 0 Å². The first-order valence-electron chi connectivity index (χ1n) is 5.99. The van der Waals surface area contributed by atoms with Gasteiger partial charge >= 0.3 is 0 Å². The Bertz CT molecular complexity index is 662. The molecule has 0 spiro atoms. The van der Waals surface area contributed by atoms with Crippen molar-refractivity contribution in [3.8, 4) is 5.75 Å². The van der Waals surface area contributed by atoms with Gasteiger partial charge in [0.05, 0.1) is 10.6 Å². The average molecular weight is 322 g/mol. The van der Waals surface area contributed by atoms with E-state index in [0.717, 1.165) is 0 Å². The highest BCUT2D eigenvalue weighted by atomic mass is 35.5. The van der Waals surface area contributed by atoms with Crippen molar-refractivity contribution in [3.05, 3.63) is 53.2 Å². The molecule has 0 saturated heterocycles. The highest BCUT2D eigenvalue weighted by Crippen LogP contribution is 2.17. The molecule has 1 aromatic heterocycles. The smallest absolute Gasteiger partial charge is 0.263 e. The molecule has 0 aliphatic carbocycles. The fourth-order valence-corrected chi connectivity index (χ4v) is 1.85. The normalized spacial score (nSPS) is 9.95. The molecule has 0 atom stereocenters. The molecule has 21 heavy (non-hydrogen) atoms. The molecule has 3 N–H and O–H groups in total. The summed E-state index contributed by atoms with van der Waals surface area (Å²) in [4.78, 5) is 16.0. The fraction of sp³-hybridized carbons (Fsp3) is 0.0714. The number of pyridine rings is 1. The van der Waals surface area contributed by atoms with Crippen LogP contribution >= 0.6 is 23.8 Å². The number of benzene rings is 1. The van der Waals surface area contributed by atoms with Gasteiger partial charge in [-0.05, 0) is 24.3 Å². The topological polar surface area (TPSA) is 77.2 Å². The Morgan fingerprint density at radius 2 is 2.10 bits per heavy atom. The maximum absolute atomic E-state index is 11.8. The monoisotopic (exact) mass is 321 g/mol. The van der Waals surface area contributed by atoms with Gasteiger partial charge in [0.25, 0.3) is 5.91 Å². The maximum Gasteiger partial charge on any atom is 0.263 e. The summed E-state index contributed by atoms with van der Waals surface area (Å²) in [6.07, 6.45) is 1.44. The number of hydrogen-bond donors (Lipinski definition) is 2. The van der Waals surface area contributed by atoms with E-state index in [1.54, 1.807) is 36.4 Å². The summed E-state index contributed by atoms with van der Waals surface area (Å²) in [5, 5.41) is 3.09. The van der Waals surface area contributed by atoms with E-state index in [2.05, 4.69) is 10.3 Å². The highest BCUT2D eigenvalue weighted by molar-refractivity contribution is 7.80. The molecule has 0 aliphatic heterocycles. The number of carbonyl (C=O) groups excluding carboxylic acids is 1. The zero-order valence-electron chi connectivity index (χ0n) is 10.9. The third-order valence-electron chi connectivity index (χ3n) is 2.51. The number of nitrogens with zero attached hydrogens (tertiary/aromatic N) is 1. The van der Waals surface area contributed by atoms with Crippen LogP contribution in [-0.4, -0.2) is 22.5 Å². The minimum Gasteiger partial charge on any atom is -0.483 e. The molecule has 2 aromatic rings. The van der Waals surface area contributed by atoms with Crippen LogP contribution in [-0.2, 0) is 4.79 Å². The largest absolute Gasteiger partial charge is 0.483 e. The Morgan fingerprint density at radius 1 is 1.33 bits per heavy atom. The summed E-state index contributed by atoms with van der Waals surface area (Å²) >= 11 is 10.6. The number of anilines is 1. The van der Waals surface area contributed by atoms with Crippen molar-refractivity contribution in [2.75, 3.05) is 11.9 Å². The summed E-state index contributed by atoms with van der Waals surface area (Å²) in [7, 11) is 0. The number of hydrogen-bond acceptors (Lipinski definition) is 4. The van der Waals surface area contributed by atoms with Crippen LogP contribution in [0.2, 0.25) is 5.02 Å². The van der Waals surface area contributed by atoms with Gasteiger partial charge in [-0.2, -0.15) is 0 Å². The Labute approximate surface area is 132 Å². The van der Waals surface area contributed by atoms with Crippen LogP contribution in [0, 0.1) is 0 Å². The number of halogens is 1. The third kappa shape index (κ3) is 4.40.